The van der Waals surface area contributed by atoms with E-state index in [9.17, 15) is 14.4 Å². The van der Waals surface area contributed by atoms with E-state index in [0.29, 0.717) is 6.54 Å². The number of benzene rings is 3. The monoisotopic (exact) mass is 466 g/mol. The van der Waals surface area contributed by atoms with Gasteiger partial charge in [-0.3, -0.25) is 19.3 Å². The summed E-state index contributed by atoms with van der Waals surface area (Å²) < 4.78 is 5.15. The lowest BCUT2D eigenvalue weighted by Gasteiger charge is -2.45. The molecule has 6 heteroatoms. The Labute approximate surface area is 203 Å². The molecule has 3 aromatic carbocycles. The van der Waals surface area contributed by atoms with Gasteiger partial charge in [-0.25, -0.2) is 0 Å². The van der Waals surface area contributed by atoms with Crippen LogP contribution in [0.5, 0.6) is 5.75 Å². The molecular weight excluding hydrogens is 440 g/mol. The molecule has 1 fully saturated rings. The molecule has 3 aromatic rings. The molecule has 0 saturated carbocycles. The number of likely N-dealkylation sites (tertiary alicyclic amines) is 1. The second-order valence-corrected chi connectivity index (χ2v) is 9.47. The van der Waals surface area contributed by atoms with Crippen molar-refractivity contribution in [1.29, 1.82) is 0 Å². The van der Waals surface area contributed by atoms with Crippen molar-refractivity contribution in [3.05, 3.63) is 101 Å². The van der Waals surface area contributed by atoms with Gasteiger partial charge >= 0.3 is 0 Å². The van der Waals surface area contributed by atoms with Crippen LogP contribution >= 0.6 is 0 Å². The van der Waals surface area contributed by atoms with Gasteiger partial charge in [0.05, 0.1) is 18.9 Å². The molecule has 0 aromatic heterocycles. The lowest BCUT2D eigenvalue weighted by atomic mass is 9.55. The highest BCUT2D eigenvalue weighted by Gasteiger charge is 2.61. The number of nitrogens with zero attached hydrogens (tertiary/aromatic N) is 1. The highest BCUT2D eigenvalue weighted by Crippen LogP contribution is 2.60. The van der Waals surface area contributed by atoms with Crippen LogP contribution in [-0.4, -0.2) is 36.3 Å². The molecule has 1 N–H and O–H groups in total. The van der Waals surface area contributed by atoms with Crippen molar-refractivity contribution in [2.75, 3.05) is 13.7 Å². The van der Waals surface area contributed by atoms with Gasteiger partial charge in [-0.15, -0.1) is 0 Å². The first kappa shape index (κ1) is 21.6. The van der Waals surface area contributed by atoms with Crippen molar-refractivity contribution in [2.24, 2.45) is 11.8 Å². The van der Waals surface area contributed by atoms with E-state index in [4.69, 9.17) is 4.74 Å². The fraction of sp³-hybridized carbons (Fsp3) is 0.276. The molecule has 1 heterocycles. The maximum atomic E-state index is 13.6. The summed E-state index contributed by atoms with van der Waals surface area (Å²) >= 11 is 0. The molecule has 1 aliphatic heterocycles. The van der Waals surface area contributed by atoms with E-state index in [1.807, 2.05) is 48.5 Å². The third-order valence-electron chi connectivity index (χ3n) is 7.75. The van der Waals surface area contributed by atoms with E-state index in [1.165, 1.54) is 4.90 Å². The van der Waals surface area contributed by atoms with Crippen LogP contribution in [0.1, 0.15) is 46.1 Å². The van der Waals surface area contributed by atoms with Crippen LogP contribution in [0.4, 0.5) is 0 Å². The number of rotatable bonds is 6. The molecule has 3 aliphatic carbocycles. The Balaban J connectivity index is 1.19. The average Bonchev–Trinajstić information content (AvgIpc) is 3.16. The number of ether oxygens (including phenoxy) is 1. The molecule has 35 heavy (non-hydrogen) atoms. The average molecular weight is 467 g/mol. The van der Waals surface area contributed by atoms with Gasteiger partial charge in [0.1, 0.15) is 5.75 Å². The minimum Gasteiger partial charge on any atom is -0.497 e. The number of carbonyl (C=O) groups is 3. The molecule has 176 valence electrons. The van der Waals surface area contributed by atoms with Crippen molar-refractivity contribution in [1.82, 2.24) is 10.2 Å². The van der Waals surface area contributed by atoms with Gasteiger partial charge in [0.15, 0.2) is 0 Å². The van der Waals surface area contributed by atoms with Gasteiger partial charge in [-0.2, -0.15) is 0 Å². The van der Waals surface area contributed by atoms with Crippen LogP contribution in [-0.2, 0) is 20.9 Å². The Bertz CT molecular complexity index is 1220. The van der Waals surface area contributed by atoms with Gasteiger partial charge in [0, 0.05) is 31.3 Å². The van der Waals surface area contributed by atoms with E-state index < -0.39 is 11.8 Å². The summed E-state index contributed by atoms with van der Waals surface area (Å²) in [5, 5.41) is 2.88. The van der Waals surface area contributed by atoms with E-state index >= 15 is 0 Å². The summed E-state index contributed by atoms with van der Waals surface area (Å²) in [5.74, 6) is -0.787. The topological polar surface area (TPSA) is 75.7 Å². The molecule has 1 saturated heterocycles. The van der Waals surface area contributed by atoms with Crippen LogP contribution in [0.15, 0.2) is 72.8 Å². The molecule has 7 rings (SSSR count). The van der Waals surface area contributed by atoms with Crippen LogP contribution in [0.25, 0.3) is 0 Å². The maximum Gasteiger partial charge on any atom is 0.234 e. The van der Waals surface area contributed by atoms with E-state index in [2.05, 4.69) is 29.6 Å². The zero-order valence-electron chi connectivity index (χ0n) is 19.4. The Morgan fingerprint density at radius 1 is 0.800 bits per heavy atom. The summed E-state index contributed by atoms with van der Waals surface area (Å²) in [6.45, 7) is 0.482. The molecular formula is C29H26N2O4. The predicted molar refractivity (Wildman–Crippen MR) is 130 cm³/mol. The number of nitrogens with one attached hydrogen (secondary N) is 1. The lowest BCUT2D eigenvalue weighted by molar-refractivity contribution is -0.140. The third-order valence-corrected chi connectivity index (χ3v) is 7.75. The molecule has 0 spiro atoms. The molecule has 2 unspecified atom stereocenters. The Morgan fingerprint density at radius 3 is 1.74 bits per heavy atom. The lowest BCUT2D eigenvalue weighted by Crippen LogP contribution is -2.41. The molecule has 4 aliphatic rings. The summed E-state index contributed by atoms with van der Waals surface area (Å²) in [4.78, 5) is 41.0. The Hall–Kier alpha value is -3.93. The van der Waals surface area contributed by atoms with Gasteiger partial charge in [0.25, 0.3) is 0 Å². The van der Waals surface area contributed by atoms with Crippen molar-refractivity contribution >= 4 is 17.7 Å². The van der Waals surface area contributed by atoms with Crippen LogP contribution < -0.4 is 10.1 Å². The largest absolute Gasteiger partial charge is 0.497 e. The van der Waals surface area contributed by atoms with Crippen molar-refractivity contribution in [3.63, 3.8) is 0 Å². The minimum atomic E-state index is -0.403. The highest BCUT2D eigenvalue weighted by molar-refractivity contribution is 6.08. The maximum absolute atomic E-state index is 13.6. The standard InChI is InChI=1S/C29H26N2O4/c1-35-18-12-10-17(11-13-18)16-30-23(32)14-15-31-28(33)26-24-19-6-2-3-7-20(19)25(27(26)29(31)34)22-9-5-4-8-21(22)24/h2-13,24-27H,14-16H2,1H3,(H,30,32). The van der Waals surface area contributed by atoms with Gasteiger partial charge in [-0.1, -0.05) is 60.7 Å². The van der Waals surface area contributed by atoms with Crippen molar-refractivity contribution < 1.29 is 19.1 Å². The second kappa shape index (κ2) is 8.38. The van der Waals surface area contributed by atoms with E-state index in [0.717, 1.165) is 33.6 Å². The molecule has 6 nitrogen and oxygen atoms in total. The summed E-state index contributed by atoms with van der Waals surface area (Å²) in [5.41, 5.74) is 5.55. The number of hydrogen-bond donors (Lipinski definition) is 1. The predicted octanol–water partition coefficient (Wildman–Crippen LogP) is 3.59. The van der Waals surface area contributed by atoms with Crippen LogP contribution in [0.3, 0.4) is 0 Å². The van der Waals surface area contributed by atoms with Gasteiger partial charge in [0.2, 0.25) is 17.7 Å². The number of hydrogen-bond acceptors (Lipinski definition) is 4. The van der Waals surface area contributed by atoms with Crippen molar-refractivity contribution in [3.8, 4) is 5.75 Å². The number of carbonyl (C=O) groups excluding carboxylic acids is 3. The molecule has 0 radical (unpaired) electrons. The SMILES string of the molecule is COc1ccc(CNC(=O)CCN2C(=O)C3C4c5ccccc5C(c5ccccc54)C3C2=O)cc1. The second-order valence-electron chi connectivity index (χ2n) is 9.47. The smallest absolute Gasteiger partial charge is 0.234 e. The quantitative estimate of drug-likeness (QED) is 0.564. The first-order valence-corrected chi connectivity index (χ1v) is 12.0. The van der Waals surface area contributed by atoms with Gasteiger partial charge < -0.3 is 10.1 Å². The van der Waals surface area contributed by atoms with Crippen molar-refractivity contribution in [2.45, 2.75) is 24.8 Å². The summed E-state index contributed by atoms with van der Waals surface area (Å²) in [7, 11) is 1.61. The summed E-state index contributed by atoms with van der Waals surface area (Å²) in [6.07, 6.45) is 0.0856. The molecule has 3 amide bonds. The van der Waals surface area contributed by atoms with E-state index in [-0.39, 0.29) is 42.5 Å². The van der Waals surface area contributed by atoms with Crippen LogP contribution in [0.2, 0.25) is 0 Å². The zero-order chi connectivity index (χ0) is 24.1. The molecule has 2 bridgehead atoms. The minimum absolute atomic E-state index is 0.0856. The first-order valence-electron chi connectivity index (χ1n) is 12.0. The fourth-order valence-electron chi connectivity index (χ4n) is 6.21. The number of methoxy groups -OCH3 is 1. The summed E-state index contributed by atoms with van der Waals surface area (Å²) in [6, 6.07) is 23.8. The zero-order valence-corrected chi connectivity index (χ0v) is 19.4. The van der Waals surface area contributed by atoms with Gasteiger partial charge in [-0.05, 0) is 39.9 Å². The number of imide groups is 1. The normalized spacial score (nSPS) is 23.5. The molecule has 2 atom stereocenters. The Morgan fingerprint density at radius 2 is 1.29 bits per heavy atom. The Kier molecular flexibility index (Phi) is 5.17. The first-order chi connectivity index (χ1) is 17.1. The highest BCUT2D eigenvalue weighted by atomic mass is 16.5. The number of amides is 3. The third kappa shape index (κ3) is 3.35. The van der Waals surface area contributed by atoms with E-state index in [1.54, 1.807) is 7.11 Å². The van der Waals surface area contributed by atoms with Crippen LogP contribution in [0, 0.1) is 11.8 Å². The fourth-order valence-corrected chi connectivity index (χ4v) is 6.21.